The van der Waals surface area contributed by atoms with E-state index >= 15 is 0 Å². The maximum absolute atomic E-state index is 11.1. The Hall–Kier alpha value is -0.870. The molecular weight excluding hydrogens is 224 g/mol. The summed E-state index contributed by atoms with van der Waals surface area (Å²) in [7, 11) is -4.02. The average Bonchev–Trinajstić information content (AvgIpc) is 2.17. The van der Waals surface area contributed by atoms with Gasteiger partial charge in [-0.3, -0.25) is 4.55 Å². The van der Waals surface area contributed by atoms with Crippen molar-refractivity contribution in [3.63, 3.8) is 0 Å². The minimum atomic E-state index is -4.02. The summed E-state index contributed by atoms with van der Waals surface area (Å²) in [5, 5.41) is 0. The summed E-state index contributed by atoms with van der Waals surface area (Å²) in [6.07, 6.45) is 7.03. The molecule has 0 fully saturated rings. The summed E-state index contributed by atoms with van der Waals surface area (Å²) in [6, 6.07) is 0. The van der Waals surface area contributed by atoms with Gasteiger partial charge in [0.05, 0.1) is 4.91 Å². The smallest absolute Gasteiger partial charge is 0.282 e. The zero-order chi connectivity index (χ0) is 11.9. The van der Waals surface area contributed by atoms with E-state index in [1.807, 2.05) is 19.1 Å². The molecule has 0 aromatic heterocycles. The van der Waals surface area contributed by atoms with E-state index in [0.29, 0.717) is 12.3 Å². The number of rotatable bonds is 1. The van der Waals surface area contributed by atoms with Gasteiger partial charge in [0.25, 0.3) is 10.1 Å². The number of fused-ring (bicyclic) bond motifs is 1. The first-order valence-electron chi connectivity index (χ1n) is 5.43. The fraction of sp³-hybridized carbons (Fsp3) is 0.500. The molecule has 0 amide bonds. The second-order valence-corrected chi connectivity index (χ2v) is 6.23. The molecular formula is C12H16O3S. The Morgan fingerprint density at radius 2 is 2.00 bits per heavy atom. The number of allylic oxidation sites excluding steroid dienone is 6. The van der Waals surface area contributed by atoms with Crippen molar-refractivity contribution >= 4 is 10.1 Å². The Labute approximate surface area is 96.3 Å². The molecule has 0 heterocycles. The maximum Gasteiger partial charge on any atom is 0.290 e. The van der Waals surface area contributed by atoms with Gasteiger partial charge >= 0.3 is 0 Å². The fourth-order valence-electron chi connectivity index (χ4n) is 2.46. The number of hydrogen-bond donors (Lipinski definition) is 1. The third-order valence-electron chi connectivity index (χ3n) is 3.40. The van der Waals surface area contributed by atoms with Gasteiger partial charge < -0.3 is 0 Å². The highest BCUT2D eigenvalue weighted by Gasteiger charge is 2.31. The second-order valence-electron chi connectivity index (χ2n) is 4.76. The van der Waals surface area contributed by atoms with Crippen LogP contribution >= 0.6 is 0 Å². The third kappa shape index (κ3) is 2.13. The largest absolute Gasteiger partial charge is 0.290 e. The lowest BCUT2D eigenvalue weighted by atomic mass is 9.75. The van der Waals surface area contributed by atoms with Crippen LogP contribution in [0.5, 0.6) is 0 Å². The predicted molar refractivity (Wildman–Crippen MR) is 63.4 cm³/mol. The zero-order valence-corrected chi connectivity index (χ0v) is 10.3. The molecule has 0 radical (unpaired) electrons. The van der Waals surface area contributed by atoms with Crippen LogP contribution in [0.4, 0.5) is 0 Å². The van der Waals surface area contributed by atoms with Crippen molar-refractivity contribution in [3.8, 4) is 0 Å². The lowest BCUT2D eigenvalue weighted by Gasteiger charge is -2.32. The van der Waals surface area contributed by atoms with E-state index in [-0.39, 0.29) is 10.8 Å². The molecule has 0 aliphatic heterocycles. The lowest BCUT2D eigenvalue weighted by Crippen LogP contribution is -2.23. The van der Waals surface area contributed by atoms with Crippen LogP contribution in [0.25, 0.3) is 0 Å². The molecule has 2 aliphatic carbocycles. The van der Waals surface area contributed by atoms with Gasteiger partial charge in [0.2, 0.25) is 0 Å². The topological polar surface area (TPSA) is 54.4 Å². The van der Waals surface area contributed by atoms with Gasteiger partial charge in [0, 0.05) is 0 Å². The summed E-state index contributed by atoms with van der Waals surface area (Å²) in [5.41, 5.74) is 2.35. The lowest BCUT2D eigenvalue weighted by molar-refractivity contribution is 0.392. The fourth-order valence-corrected chi connectivity index (χ4v) is 3.22. The van der Waals surface area contributed by atoms with E-state index in [1.54, 1.807) is 6.08 Å². The molecule has 0 bridgehead atoms. The molecule has 0 aromatic carbocycles. The van der Waals surface area contributed by atoms with Gasteiger partial charge in [-0.1, -0.05) is 24.6 Å². The molecule has 0 saturated carbocycles. The van der Waals surface area contributed by atoms with Crippen LogP contribution in [0.15, 0.2) is 34.3 Å². The standard InChI is InChI=1S/C12H16O3S/c1-8-3-4-10-7-11(16(13,14)15)6-9(2)12(10)5-8/h3-4,7,9,12H,5-6H2,1-2H3,(H,13,14,15). The van der Waals surface area contributed by atoms with Crippen molar-refractivity contribution in [2.75, 3.05) is 0 Å². The van der Waals surface area contributed by atoms with Crippen molar-refractivity contribution in [2.45, 2.75) is 26.7 Å². The van der Waals surface area contributed by atoms with E-state index in [1.165, 1.54) is 5.57 Å². The summed E-state index contributed by atoms with van der Waals surface area (Å²) in [4.78, 5) is 0.149. The zero-order valence-electron chi connectivity index (χ0n) is 9.47. The van der Waals surface area contributed by atoms with Crippen molar-refractivity contribution < 1.29 is 13.0 Å². The monoisotopic (exact) mass is 240 g/mol. The first-order valence-corrected chi connectivity index (χ1v) is 6.87. The SMILES string of the molecule is CC1=CC=C2C=C(S(=O)(=O)O)CC(C)C2C1. The van der Waals surface area contributed by atoms with Crippen LogP contribution in [0.2, 0.25) is 0 Å². The van der Waals surface area contributed by atoms with Gasteiger partial charge in [-0.25, -0.2) is 0 Å². The molecule has 3 nitrogen and oxygen atoms in total. The van der Waals surface area contributed by atoms with Crippen LogP contribution in [0.1, 0.15) is 26.7 Å². The first kappa shape index (κ1) is 11.6. The summed E-state index contributed by atoms with van der Waals surface area (Å²) in [5.74, 6) is 0.660. The van der Waals surface area contributed by atoms with Gasteiger partial charge in [-0.05, 0) is 43.3 Å². The van der Waals surface area contributed by atoms with Crippen LogP contribution in [-0.2, 0) is 10.1 Å². The molecule has 2 aliphatic rings. The average molecular weight is 240 g/mol. The Kier molecular flexibility index (Phi) is 2.80. The van der Waals surface area contributed by atoms with Crippen molar-refractivity contribution in [1.29, 1.82) is 0 Å². The van der Waals surface area contributed by atoms with Crippen LogP contribution in [0.3, 0.4) is 0 Å². The molecule has 2 unspecified atom stereocenters. The molecule has 0 aromatic rings. The van der Waals surface area contributed by atoms with E-state index in [0.717, 1.165) is 12.0 Å². The first-order chi connectivity index (χ1) is 7.38. The van der Waals surface area contributed by atoms with E-state index in [2.05, 4.69) is 6.92 Å². The van der Waals surface area contributed by atoms with Crippen LogP contribution in [0, 0.1) is 11.8 Å². The van der Waals surface area contributed by atoms with Crippen LogP contribution < -0.4 is 0 Å². The highest BCUT2D eigenvalue weighted by atomic mass is 32.2. The molecule has 2 atom stereocenters. The minimum Gasteiger partial charge on any atom is -0.282 e. The molecule has 0 spiro atoms. The quantitative estimate of drug-likeness (QED) is 0.717. The Morgan fingerprint density at radius 1 is 1.31 bits per heavy atom. The Balaban J connectivity index is 2.43. The van der Waals surface area contributed by atoms with Gasteiger partial charge in [0.1, 0.15) is 0 Å². The van der Waals surface area contributed by atoms with Gasteiger partial charge in [-0.2, -0.15) is 8.42 Å². The van der Waals surface area contributed by atoms with Crippen molar-refractivity contribution in [2.24, 2.45) is 11.8 Å². The van der Waals surface area contributed by atoms with E-state index in [4.69, 9.17) is 4.55 Å². The second kappa shape index (κ2) is 3.86. The predicted octanol–water partition coefficient (Wildman–Crippen LogP) is 2.69. The van der Waals surface area contributed by atoms with E-state index < -0.39 is 10.1 Å². The summed E-state index contributed by atoms with van der Waals surface area (Å²) < 4.78 is 31.3. The Bertz CT molecular complexity index is 494. The summed E-state index contributed by atoms with van der Waals surface area (Å²) in [6.45, 7) is 4.12. The molecule has 1 N–H and O–H groups in total. The molecule has 4 heteroatoms. The van der Waals surface area contributed by atoms with Crippen LogP contribution in [-0.4, -0.2) is 13.0 Å². The highest BCUT2D eigenvalue weighted by molar-refractivity contribution is 7.89. The third-order valence-corrected chi connectivity index (χ3v) is 4.35. The molecule has 16 heavy (non-hydrogen) atoms. The Morgan fingerprint density at radius 3 is 2.62 bits per heavy atom. The normalized spacial score (nSPS) is 30.1. The highest BCUT2D eigenvalue weighted by Crippen LogP contribution is 2.40. The minimum absolute atomic E-state index is 0.149. The maximum atomic E-state index is 11.1. The number of hydrogen-bond acceptors (Lipinski definition) is 2. The van der Waals surface area contributed by atoms with E-state index in [9.17, 15) is 8.42 Å². The molecule has 2 rings (SSSR count). The van der Waals surface area contributed by atoms with Gasteiger partial charge in [0.15, 0.2) is 0 Å². The summed E-state index contributed by atoms with van der Waals surface area (Å²) >= 11 is 0. The van der Waals surface area contributed by atoms with Crippen molar-refractivity contribution in [3.05, 3.63) is 34.3 Å². The van der Waals surface area contributed by atoms with Crippen molar-refractivity contribution in [1.82, 2.24) is 0 Å². The molecule has 88 valence electrons. The molecule has 0 saturated heterocycles. The van der Waals surface area contributed by atoms with Gasteiger partial charge in [-0.15, -0.1) is 0 Å².